The maximum absolute atomic E-state index is 12.3. The Bertz CT molecular complexity index is 681. The van der Waals surface area contributed by atoms with Crippen molar-refractivity contribution in [2.75, 3.05) is 12.4 Å². The van der Waals surface area contributed by atoms with Crippen LogP contribution in [0, 0.1) is 10.1 Å². The van der Waals surface area contributed by atoms with Gasteiger partial charge in [0.05, 0.1) is 23.8 Å². The second-order valence-corrected chi connectivity index (χ2v) is 4.22. The van der Waals surface area contributed by atoms with Crippen LogP contribution in [0.15, 0.2) is 24.4 Å². The van der Waals surface area contributed by atoms with E-state index in [0.717, 1.165) is 5.56 Å². The molecule has 8 heteroatoms. The summed E-state index contributed by atoms with van der Waals surface area (Å²) in [4.78, 5) is 22.5. The highest BCUT2D eigenvalue weighted by Gasteiger charge is 2.18. The third-order valence-corrected chi connectivity index (χ3v) is 2.98. The van der Waals surface area contributed by atoms with Gasteiger partial charge in [-0.1, -0.05) is 6.92 Å². The van der Waals surface area contributed by atoms with E-state index in [9.17, 15) is 14.9 Å². The molecule has 0 aliphatic rings. The lowest BCUT2D eigenvalue weighted by atomic mass is 10.1. The Balaban J connectivity index is 2.33. The number of aromatic amines is 1. The van der Waals surface area contributed by atoms with E-state index >= 15 is 0 Å². The first kappa shape index (κ1) is 14.5. The number of non-ortho nitro benzene ring substituents is 1. The van der Waals surface area contributed by atoms with Gasteiger partial charge < -0.3 is 10.1 Å². The number of amides is 1. The lowest BCUT2D eigenvalue weighted by Gasteiger charge is -2.09. The monoisotopic (exact) mass is 290 g/mol. The molecule has 0 radical (unpaired) electrons. The topological polar surface area (TPSA) is 110 Å². The fraction of sp³-hybridized carbons (Fsp3) is 0.231. The summed E-state index contributed by atoms with van der Waals surface area (Å²) < 4.78 is 5.07. The molecule has 0 saturated carbocycles. The van der Waals surface area contributed by atoms with E-state index in [-0.39, 0.29) is 17.0 Å². The SMILES string of the molecule is CCc1cn[nH]c1NC(=O)c1cc([N+](=O)[O-])ccc1OC. The van der Waals surface area contributed by atoms with E-state index in [1.807, 2.05) is 6.92 Å². The first-order chi connectivity index (χ1) is 10.1. The zero-order chi connectivity index (χ0) is 15.4. The third-order valence-electron chi connectivity index (χ3n) is 2.98. The van der Waals surface area contributed by atoms with Crippen molar-refractivity contribution in [2.24, 2.45) is 0 Å². The van der Waals surface area contributed by atoms with Crippen LogP contribution in [0.5, 0.6) is 5.75 Å². The van der Waals surface area contributed by atoms with Gasteiger partial charge in [-0.25, -0.2) is 0 Å². The Morgan fingerprint density at radius 2 is 2.29 bits per heavy atom. The fourth-order valence-electron chi connectivity index (χ4n) is 1.86. The predicted molar refractivity (Wildman–Crippen MR) is 75.6 cm³/mol. The molecule has 0 bridgehead atoms. The van der Waals surface area contributed by atoms with Crippen LogP contribution < -0.4 is 10.1 Å². The number of benzene rings is 1. The van der Waals surface area contributed by atoms with E-state index in [1.165, 1.54) is 25.3 Å². The number of rotatable bonds is 5. The Labute approximate surface area is 120 Å². The smallest absolute Gasteiger partial charge is 0.270 e. The summed E-state index contributed by atoms with van der Waals surface area (Å²) in [5.74, 6) is 0.223. The van der Waals surface area contributed by atoms with Crippen molar-refractivity contribution in [2.45, 2.75) is 13.3 Å². The molecule has 1 amide bonds. The van der Waals surface area contributed by atoms with Crippen LogP contribution in [0.3, 0.4) is 0 Å². The molecule has 8 nitrogen and oxygen atoms in total. The largest absolute Gasteiger partial charge is 0.496 e. The Kier molecular flexibility index (Phi) is 4.17. The number of nitro benzene ring substituents is 1. The van der Waals surface area contributed by atoms with Crippen LogP contribution >= 0.6 is 0 Å². The summed E-state index contributed by atoms with van der Waals surface area (Å²) in [5.41, 5.74) is 0.748. The van der Waals surface area contributed by atoms with E-state index < -0.39 is 10.8 Å². The van der Waals surface area contributed by atoms with Crippen LogP contribution in [0.4, 0.5) is 11.5 Å². The second-order valence-electron chi connectivity index (χ2n) is 4.22. The number of nitrogens with zero attached hydrogens (tertiary/aromatic N) is 2. The number of hydrogen-bond acceptors (Lipinski definition) is 5. The number of H-pyrrole nitrogens is 1. The minimum Gasteiger partial charge on any atom is -0.496 e. The van der Waals surface area contributed by atoms with Crippen LogP contribution in [0.1, 0.15) is 22.8 Å². The lowest BCUT2D eigenvalue weighted by molar-refractivity contribution is -0.384. The number of ether oxygens (including phenoxy) is 1. The molecule has 0 aliphatic carbocycles. The zero-order valence-corrected chi connectivity index (χ0v) is 11.5. The molecule has 1 heterocycles. The molecule has 2 aromatic rings. The quantitative estimate of drug-likeness (QED) is 0.647. The number of methoxy groups -OCH3 is 1. The molecule has 2 rings (SSSR count). The van der Waals surface area contributed by atoms with Gasteiger partial charge in [0.2, 0.25) is 0 Å². The van der Waals surface area contributed by atoms with Crippen molar-refractivity contribution in [3.63, 3.8) is 0 Å². The van der Waals surface area contributed by atoms with Gasteiger partial charge in [0.1, 0.15) is 11.6 Å². The molecule has 110 valence electrons. The first-order valence-electron chi connectivity index (χ1n) is 6.22. The molecule has 1 aromatic heterocycles. The highest BCUT2D eigenvalue weighted by atomic mass is 16.6. The highest BCUT2D eigenvalue weighted by molar-refractivity contribution is 6.06. The van der Waals surface area contributed by atoms with Gasteiger partial charge in [0.15, 0.2) is 0 Å². The number of nitrogens with one attached hydrogen (secondary N) is 2. The number of anilines is 1. The van der Waals surface area contributed by atoms with E-state index in [4.69, 9.17) is 4.74 Å². The number of hydrogen-bond donors (Lipinski definition) is 2. The second kappa shape index (κ2) is 6.04. The molecular weight excluding hydrogens is 276 g/mol. The molecule has 0 atom stereocenters. The molecule has 0 saturated heterocycles. The first-order valence-corrected chi connectivity index (χ1v) is 6.22. The number of nitro groups is 1. The van der Waals surface area contributed by atoms with Crippen LogP contribution in [0.2, 0.25) is 0 Å². The molecular formula is C13H14N4O4. The number of aromatic nitrogens is 2. The van der Waals surface area contributed by atoms with Gasteiger partial charge in [0.25, 0.3) is 11.6 Å². The van der Waals surface area contributed by atoms with Gasteiger partial charge in [0, 0.05) is 17.7 Å². The maximum atomic E-state index is 12.3. The van der Waals surface area contributed by atoms with Gasteiger partial charge in [-0.15, -0.1) is 0 Å². The average molecular weight is 290 g/mol. The normalized spacial score (nSPS) is 10.2. The number of carbonyl (C=O) groups is 1. The van der Waals surface area contributed by atoms with Crippen molar-refractivity contribution in [1.29, 1.82) is 0 Å². The summed E-state index contributed by atoms with van der Waals surface area (Å²) >= 11 is 0. The van der Waals surface area contributed by atoms with Crippen LogP contribution in [-0.2, 0) is 6.42 Å². The molecule has 0 fully saturated rings. The highest BCUT2D eigenvalue weighted by Crippen LogP contribution is 2.25. The van der Waals surface area contributed by atoms with Gasteiger partial charge in [-0.3, -0.25) is 20.0 Å². The van der Waals surface area contributed by atoms with Gasteiger partial charge >= 0.3 is 0 Å². The molecule has 0 unspecified atom stereocenters. The molecule has 1 aromatic carbocycles. The number of aryl methyl sites for hydroxylation is 1. The van der Waals surface area contributed by atoms with Crippen molar-refractivity contribution in [3.8, 4) is 5.75 Å². The lowest BCUT2D eigenvalue weighted by Crippen LogP contribution is -2.14. The third kappa shape index (κ3) is 2.99. The summed E-state index contributed by atoms with van der Waals surface area (Å²) in [7, 11) is 1.39. The van der Waals surface area contributed by atoms with Crippen molar-refractivity contribution < 1.29 is 14.5 Å². The van der Waals surface area contributed by atoms with E-state index in [0.29, 0.717) is 12.2 Å². The molecule has 2 N–H and O–H groups in total. The van der Waals surface area contributed by atoms with E-state index in [1.54, 1.807) is 6.20 Å². The minimum absolute atomic E-state index is 0.0864. The Morgan fingerprint density at radius 1 is 1.52 bits per heavy atom. The molecule has 0 spiro atoms. The zero-order valence-electron chi connectivity index (χ0n) is 11.5. The van der Waals surface area contributed by atoms with Crippen molar-refractivity contribution in [3.05, 3.63) is 45.6 Å². The predicted octanol–water partition coefficient (Wildman–Crippen LogP) is 2.14. The molecule has 21 heavy (non-hydrogen) atoms. The van der Waals surface area contributed by atoms with Crippen molar-refractivity contribution >= 4 is 17.4 Å². The standard InChI is InChI=1S/C13H14N4O4/c1-3-8-7-14-16-12(8)15-13(18)10-6-9(17(19)20)4-5-11(10)21-2/h4-7H,3H2,1-2H3,(H2,14,15,16,18). The Hall–Kier alpha value is -2.90. The van der Waals surface area contributed by atoms with Crippen molar-refractivity contribution in [1.82, 2.24) is 10.2 Å². The average Bonchev–Trinajstić information content (AvgIpc) is 2.93. The van der Waals surface area contributed by atoms with E-state index in [2.05, 4.69) is 15.5 Å². The maximum Gasteiger partial charge on any atom is 0.270 e. The number of carbonyl (C=O) groups excluding carboxylic acids is 1. The summed E-state index contributed by atoms with van der Waals surface area (Å²) in [6.45, 7) is 1.93. The minimum atomic E-state index is -0.566. The fourth-order valence-corrected chi connectivity index (χ4v) is 1.86. The summed E-state index contributed by atoms with van der Waals surface area (Å²) in [6, 6.07) is 3.85. The molecule has 0 aliphatic heterocycles. The van der Waals surface area contributed by atoms with Gasteiger partial charge in [-0.05, 0) is 12.5 Å². The van der Waals surface area contributed by atoms with Crippen LogP contribution in [-0.4, -0.2) is 28.1 Å². The summed E-state index contributed by atoms with van der Waals surface area (Å²) in [5, 5.41) is 20.0. The Morgan fingerprint density at radius 3 is 2.90 bits per heavy atom. The summed E-state index contributed by atoms with van der Waals surface area (Å²) in [6.07, 6.45) is 2.30. The van der Waals surface area contributed by atoms with Crippen LogP contribution in [0.25, 0.3) is 0 Å². The van der Waals surface area contributed by atoms with Gasteiger partial charge in [-0.2, -0.15) is 5.10 Å².